The Morgan fingerprint density at radius 1 is 0.548 bits per heavy atom. The minimum Gasteiger partial charge on any atom is -0.288 e. The van der Waals surface area contributed by atoms with Crippen LogP contribution in [-0.4, -0.2) is 5.78 Å². The fraction of sp³-hybridized carbons (Fsp3) is 0.0667. The van der Waals surface area contributed by atoms with Gasteiger partial charge in [0.05, 0.1) is 5.57 Å². The molecule has 1 aliphatic rings. The first-order valence-corrected chi connectivity index (χ1v) is 10.6. The Kier molecular flexibility index (Phi) is 5.19. The number of hydrogen-bond acceptors (Lipinski definition) is 1. The predicted molar refractivity (Wildman–Crippen MR) is 127 cm³/mol. The number of allylic oxidation sites excluding steroid dienone is 1. The van der Waals surface area contributed by atoms with E-state index in [9.17, 15) is 4.79 Å². The molecule has 0 atom stereocenters. The van der Waals surface area contributed by atoms with Crippen LogP contribution in [0.4, 0.5) is 0 Å². The fourth-order valence-electron chi connectivity index (χ4n) is 4.24. The highest BCUT2D eigenvalue weighted by atomic mass is 16.1. The molecule has 31 heavy (non-hydrogen) atoms. The molecule has 4 aromatic rings. The Morgan fingerprint density at radius 3 is 1.55 bits per heavy atom. The van der Waals surface area contributed by atoms with E-state index in [2.05, 4.69) is 54.3 Å². The summed E-state index contributed by atoms with van der Waals surface area (Å²) in [6.07, 6.45) is 1.96. The topological polar surface area (TPSA) is 17.1 Å². The van der Waals surface area contributed by atoms with Gasteiger partial charge in [-0.25, -0.2) is 0 Å². The second kappa shape index (κ2) is 8.44. The average Bonchev–Trinajstić information content (AvgIpc) is 3.00. The zero-order chi connectivity index (χ0) is 21.0. The van der Waals surface area contributed by atoms with Crippen molar-refractivity contribution in [2.24, 2.45) is 0 Å². The normalized spacial score (nSPS) is 12.2. The third-order valence-corrected chi connectivity index (χ3v) is 5.81. The van der Waals surface area contributed by atoms with Gasteiger partial charge in [0, 0.05) is 11.1 Å². The van der Waals surface area contributed by atoms with Crippen LogP contribution < -0.4 is 0 Å². The first kappa shape index (κ1) is 19.1. The van der Waals surface area contributed by atoms with E-state index in [-0.39, 0.29) is 5.78 Å². The van der Waals surface area contributed by atoms with Crippen molar-refractivity contribution in [1.82, 2.24) is 0 Å². The Bertz CT molecular complexity index is 1260. The van der Waals surface area contributed by atoms with E-state index in [1.165, 1.54) is 11.1 Å². The smallest absolute Gasteiger partial charge is 0.201 e. The number of carbonyl (C=O) groups excluding carboxylic acids is 1. The maximum absolute atomic E-state index is 13.6. The highest BCUT2D eigenvalue weighted by molar-refractivity contribution is 6.29. The molecule has 0 spiro atoms. The third-order valence-electron chi connectivity index (χ3n) is 5.81. The van der Waals surface area contributed by atoms with Crippen LogP contribution in [0.5, 0.6) is 0 Å². The second-order valence-electron chi connectivity index (χ2n) is 7.75. The van der Waals surface area contributed by atoms with Gasteiger partial charge in [-0.15, -0.1) is 0 Å². The van der Waals surface area contributed by atoms with Gasteiger partial charge < -0.3 is 0 Å². The summed E-state index contributed by atoms with van der Waals surface area (Å²) in [5, 5.41) is 0. The zero-order valence-corrected chi connectivity index (χ0v) is 17.2. The highest BCUT2D eigenvalue weighted by Crippen LogP contribution is 2.34. The molecule has 1 aliphatic carbocycles. The lowest BCUT2D eigenvalue weighted by atomic mass is 9.91. The van der Waals surface area contributed by atoms with Crippen LogP contribution in [0.1, 0.15) is 38.2 Å². The summed E-state index contributed by atoms with van der Waals surface area (Å²) in [5.41, 5.74) is 11.6. The Morgan fingerprint density at radius 2 is 1.00 bits per heavy atom. The van der Waals surface area contributed by atoms with Crippen LogP contribution in [0.25, 0.3) is 11.1 Å². The fourth-order valence-corrected chi connectivity index (χ4v) is 4.24. The molecule has 0 bridgehead atoms. The van der Waals surface area contributed by atoms with Gasteiger partial charge in [-0.2, -0.15) is 0 Å². The Labute approximate surface area is 183 Å². The van der Waals surface area contributed by atoms with E-state index < -0.39 is 0 Å². The van der Waals surface area contributed by atoms with Gasteiger partial charge in [0.15, 0.2) is 0 Å². The molecule has 0 fully saturated rings. The van der Waals surface area contributed by atoms with E-state index in [0.717, 1.165) is 35.1 Å². The van der Waals surface area contributed by atoms with Crippen molar-refractivity contribution in [2.45, 2.75) is 12.8 Å². The number of Topliss-reactive ketones (excluding diaryl/α,β-unsaturated/α-hetero) is 1. The molecule has 0 aromatic heterocycles. The van der Waals surface area contributed by atoms with E-state index in [1.807, 2.05) is 60.7 Å². The minimum atomic E-state index is -0.0153. The van der Waals surface area contributed by atoms with Crippen LogP contribution in [0.15, 0.2) is 115 Å². The van der Waals surface area contributed by atoms with Gasteiger partial charge in [-0.05, 0) is 40.7 Å². The lowest BCUT2D eigenvalue weighted by molar-refractivity contribution is 0.105. The van der Waals surface area contributed by atoms with E-state index >= 15 is 0 Å². The first-order chi connectivity index (χ1) is 15.3. The lowest BCUT2D eigenvalue weighted by Gasteiger charge is -2.11. The van der Waals surface area contributed by atoms with Crippen molar-refractivity contribution in [3.63, 3.8) is 0 Å². The van der Waals surface area contributed by atoms with E-state index in [1.54, 1.807) is 0 Å². The molecule has 0 N–H and O–H groups in total. The van der Waals surface area contributed by atoms with Crippen LogP contribution in [0.3, 0.4) is 0 Å². The molecule has 5 rings (SSSR count). The first-order valence-electron chi connectivity index (χ1n) is 10.6. The average molecular weight is 399 g/mol. The molecule has 0 heterocycles. The van der Waals surface area contributed by atoms with Gasteiger partial charge in [-0.3, -0.25) is 4.79 Å². The van der Waals surface area contributed by atoms with E-state index in [4.69, 9.17) is 0 Å². The highest BCUT2D eigenvalue weighted by Gasteiger charge is 2.20. The minimum absolute atomic E-state index is 0.0153. The molecule has 1 heteroatoms. The largest absolute Gasteiger partial charge is 0.288 e. The monoisotopic (exact) mass is 398 g/mol. The van der Waals surface area contributed by atoms with Gasteiger partial charge in [-0.1, -0.05) is 115 Å². The second-order valence-corrected chi connectivity index (χ2v) is 7.75. The summed E-state index contributed by atoms with van der Waals surface area (Å²) < 4.78 is 0. The summed E-state index contributed by atoms with van der Waals surface area (Å²) in [6.45, 7) is 0. The number of carbonyl (C=O) groups is 1. The molecule has 0 unspecified atom stereocenters. The molecule has 0 amide bonds. The van der Waals surface area contributed by atoms with Crippen molar-refractivity contribution < 1.29 is 4.79 Å². The maximum atomic E-state index is 13.6. The number of aryl methyl sites for hydroxylation is 2. The number of benzene rings is 4. The molecule has 1 nitrogen and oxygen atoms in total. The number of fused-ring (bicyclic) bond motifs is 2. The van der Waals surface area contributed by atoms with Gasteiger partial charge >= 0.3 is 0 Å². The molecule has 148 valence electrons. The number of ketones is 1. The summed E-state index contributed by atoms with van der Waals surface area (Å²) >= 11 is 0. The van der Waals surface area contributed by atoms with Crippen molar-refractivity contribution in [2.75, 3.05) is 0 Å². The van der Waals surface area contributed by atoms with Crippen molar-refractivity contribution in [3.05, 3.63) is 148 Å². The molecule has 0 saturated carbocycles. The Hall–Kier alpha value is -3.93. The van der Waals surface area contributed by atoms with Crippen LogP contribution >= 0.6 is 0 Å². The quantitative estimate of drug-likeness (QED) is 0.211. The van der Waals surface area contributed by atoms with Crippen LogP contribution in [-0.2, 0) is 12.8 Å². The SMILES string of the molecule is O=C(C(=C=C1c2ccccc2CCc2ccccc21)c1ccccc1)c1ccccc1. The Balaban J connectivity index is 1.85. The van der Waals surface area contributed by atoms with Crippen LogP contribution in [0.2, 0.25) is 0 Å². The predicted octanol–water partition coefficient (Wildman–Crippen LogP) is 6.78. The molecule has 4 aromatic carbocycles. The molecular weight excluding hydrogens is 376 g/mol. The molecule has 0 radical (unpaired) electrons. The van der Waals surface area contributed by atoms with Gasteiger partial charge in [0.1, 0.15) is 0 Å². The third kappa shape index (κ3) is 3.80. The summed E-state index contributed by atoms with van der Waals surface area (Å²) in [4.78, 5) is 13.6. The summed E-state index contributed by atoms with van der Waals surface area (Å²) in [7, 11) is 0. The number of rotatable bonds is 3. The molecule has 0 aliphatic heterocycles. The van der Waals surface area contributed by atoms with Gasteiger partial charge in [0.2, 0.25) is 5.78 Å². The summed E-state index contributed by atoms with van der Waals surface area (Å²) in [6, 6.07) is 36.3. The van der Waals surface area contributed by atoms with Gasteiger partial charge in [0.25, 0.3) is 0 Å². The standard InChI is InChI=1S/C30H22O/c31-30(25-15-5-2-6-16-25)28(22-11-3-1-4-12-22)21-29-26-17-9-7-13-23(26)19-20-24-14-8-10-18-27(24)29/h1-18H,19-20H2. The van der Waals surface area contributed by atoms with E-state index in [0.29, 0.717) is 11.1 Å². The number of hydrogen-bond donors (Lipinski definition) is 0. The van der Waals surface area contributed by atoms with Crippen molar-refractivity contribution in [1.29, 1.82) is 0 Å². The zero-order valence-electron chi connectivity index (χ0n) is 17.2. The molecular formula is C30H22O. The maximum Gasteiger partial charge on any atom is 0.201 e. The van der Waals surface area contributed by atoms with Crippen molar-refractivity contribution >= 4 is 16.9 Å². The summed E-state index contributed by atoms with van der Waals surface area (Å²) in [5.74, 6) is -0.0153. The van der Waals surface area contributed by atoms with Crippen molar-refractivity contribution in [3.8, 4) is 0 Å². The lowest BCUT2D eigenvalue weighted by Crippen LogP contribution is -2.02. The molecule has 0 saturated heterocycles. The van der Waals surface area contributed by atoms with Crippen LogP contribution in [0, 0.1) is 0 Å².